The minimum absolute atomic E-state index is 0. The van der Waals surface area contributed by atoms with Crippen molar-refractivity contribution >= 4 is 0 Å². The monoisotopic (exact) mass is 1100 g/mol. The van der Waals surface area contributed by atoms with Crippen molar-refractivity contribution in [3.8, 4) is 6.07 Å². The summed E-state index contributed by atoms with van der Waals surface area (Å²) in [6.45, 7) is -0.511. The molecule has 0 bridgehead atoms. The van der Waals surface area contributed by atoms with Crippen LogP contribution in [0.5, 0.6) is 0 Å². The molecule has 0 saturated carbocycles. The summed E-state index contributed by atoms with van der Waals surface area (Å²) in [5.74, 6) is 0. The molecule has 1 saturated heterocycles. The molecule has 1 rings (SSSR count). The SMILES string of the molecule is N#CC1O[C@H](CO)C(O)C(O)C1O.[Ac].[Ac].[Ac].[Ac]. The molecule has 4 N–H and O–H groups in total. The quantitative estimate of drug-likeness (QED) is 0.229. The van der Waals surface area contributed by atoms with E-state index in [4.69, 9.17) is 15.1 Å². The fraction of sp³-hybridized carbons (Fsp3) is 0.857. The van der Waals surface area contributed by atoms with Crippen LogP contribution in [0.25, 0.3) is 0 Å². The Hall–Kier alpha value is 5.06. The Morgan fingerprint density at radius 1 is 0.941 bits per heavy atom. The van der Waals surface area contributed by atoms with Crippen LogP contribution in [0.3, 0.4) is 0 Å². The van der Waals surface area contributed by atoms with Gasteiger partial charge in [-0.3, -0.25) is 0 Å². The van der Waals surface area contributed by atoms with Crippen molar-refractivity contribution in [3.63, 3.8) is 0 Å². The van der Waals surface area contributed by atoms with Crippen LogP contribution >= 0.6 is 0 Å². The van der Waals surface area contributed by atoms with Gasteiger partial charge in [-0.15, -0.1) is 0 Å². The van der Waals surface area contributed by atoms with Crippen molar-refractivity contribution in [3.05, 3.63) is 0 Å². The molecule has 6 nitrogen and oxygen atoms in total. The molecule has 17 heavy (non-hydrogen) atoms. The normalized spacial score (nSPS) is 34.9. The molecule has 10 heteroatoms. The fourth-order valence-electron chi connectivity index (χ4n) is 1.21. The van der Waals surface area contributed by atoms with Gasteiger partial charge in [0.05, 0.1) is 12.7 Å². The molecule has 0 spiro atoms. The van der Waals surface area contributed by atoms with Crippen LogP contribution in [0.15, 0.2) is 0 Å². The first-order chi connectivity index (χ1) is 6.11. The molecule has 0 aromatic rings. The summed E-state index contributed by atoms with van der Waals surface area (Å²) in [7, 11) is 0. The van der Waals surface area contributed by atoms with Crippen LogP contribution in [0.4, 0.5) is 0 Å². The number of nitriles is 1. The molecule has 5 atom stereocenters. The van der Waals surface area contributed by atoms with Gasteiger partial charge in [-0.25, -0.2) is 0 Å². The van der Waals surface area contributed by atoms with Crippen molar-refractivity contribution in [1.29, 1.82) is 5.26 Å². The van der Waals surface area contributed by atoms with E-state index in [9.17, 15) is 15.3 Å². The second-order valence-electron chi connectivity index (χ2n) is 2.88. The number of hydrogen-bond donors (Lipinski definition) is 4. The maximum Gasteiger partial charge on any atom is 0.172 e. The van der Waals surface area contributed by atoms with Crippen LogP contribution in [-0.2, 0) is 4.74 Å². The summed E-state index contributed by atoms with van der Waals surface area (Å²) in [5.41, 5.74) is 0. The standard InChI is InChI=1S/C7H11NO5.4Ac/c8-1-3-5(10)7(12)6(11)4(2-9)13-3;;;;/h3-7,9-12H,2H2;;;;/t3?,4-,5?,6?,7?;;;;/m1..../s1. The number of nitrogens with zero attached hydrogens (tertiary/aromatic N) is 1. The van der Waals surface area contributed by atoms with E-state index in [1.165, 1.54) is 0 Å². The zero-order valence-corrected chi connectivity index (χ0v) is 28.0. The van der Waals surface area contributed by atoms with Gasteiger partial charge in [0.25, 0.3) is 0 Å². The first kappa shape index (κ1) is 30.0. The second kappa shape index (κ2) is 15.9. The van der Waals surface area contributed by atoms with E-state index < -0.39 is 37.1 Å². The van der Waals surface area contributed by atoms with Gasteiger partial charge >= 0.3 is 0 Å². The Morgan fingerprint density at radius 2 is 1.41 bits per heavy atom. The van der Waals surface area contributed by atoms with Gasteiger partial charge in [0.15, 0.2) is 6.10 Å². The van der Waals surface area contributed by atoms with E-state index in [1.54, 1.807) is 6.07 Å². The van der Waals surface area contributed by atoms with E-state index in [0.29, 0.717) is 0 Å². The number of rotatable bonds is 1. The fourth-order valence-corrected chi connectivity index (χ4v) is 1.21. The average molecular weight is 1100 g/mol. The third-order valence-electron chi connectivity index (χ3n) is 2.02. The summed E-state index contributed by atoms with van der Waals surface area (Å²) in [4.78, 5) is 0. The Labute approximate surface area is 243 Å². The van der Waals surface area contributed by atoms with E-state index in [1.807, 2.05) is 0 Å². The van der Waals surface area contributed by atoms with E-state index >= 15 is 0 Å². The number of aliphatic hydroxyl groups excluding tert-OH is 4. The van der Waals surface area contributed by atoms with Gasteiger partial charge in [-0.2, -0.15) is 5.26 Å². The molecule has 4 unspecified atom stereocenters. The summed E-state index contributed by atoms with van der Waals surface area (Å²) in [5, 5.41) is 44.8. The minimum Gasteiger partial charge on any atom is -0.394 e. The van der Waals surface area contributed by atoms with Gasteiger partial charge in [0, 0.05) is 176 Å². The zero-order valence-electron chi connectivity index (χ0n) is 9.05. The molecule has 86 valence electrons. The van der Waals surface area contributed by atoms with Crippen molar-refractivity contribution in [2.75, 3.05) is 6.61 Å². The molecule has 0 amide bonds. The Morgan fingerprint density at radius 3 is 1.76 bits per heavy atom. The van der Waals surface area contributed by atoms with Crippen molar-refractivity contribution < 1.29 is 201 Å². The van der Waals surface area contributed by atoms with E-state index in [2.05, 4.69) is 0 Å². The third kappa shape index (κ3) is 9.06. The second-order valence-corrected chi connectivity index (χ2v) is 2.88. The minimum atomic E-state index is -1.46. The molecule has 1 heterocycles. The molecule has 4 radical (unpaired) electrons. The van der Waals surface area contributed by atoms with Crippen LogP contribution in [-0.4, -0.2) is 57.6 Å². The van der Waals surface area contributed by atoms with E-state index in [-0.39, 0.29) is 176 Å². The average Bonchev–Trinajstić information content (AvgIpc) is 2.15. The molecule has 0 aliphatic carbocycles. The maximum atomic E-state index is 9.22. The van der Waals surface area contributed by atoms with Crippen LogP contribution < -0.4 is 0 Å². The van der Waals surface area contributed by atoms with Gasteiger partial charge in [0.1, 0.15) is 24.4 Å². The first-order valence-corrected chi connectivity index (χ1v) is 3.82. The Bertz CT molecular complexity index is 227. The smallest absolute Gasteiger partial charge is 0.172 e. The summed E-state index contributed by atoms with van der Waals surface area (Å²) in [6.07, 6.45) is -6.51. The van der Waals surface area contributed by atoms with Crippen LogP contribution in [0.2, 0.25) is 0 Å². The molecular weight excluding hydrogens is 1090 g/mol. The van der Waals surface area contributed by atoms with Crippen molar-refractivity contribution in [2.24, 2.45) is 0 Å². The Kier molecular flexibility index (Phi) is 28.1. The summed E-state index contributed by atoms with van der Waals surface area (Å²) < 4.78 is 4.81. The molecule has 1 fully saturated rings. The molecule has 0 aromatic carbocycles. The predicted octanol–water partition coefficient (Wildman–Crippen LogP) is -2.65. The van der Waals surface area contributed by atoms with Crippen molar-refractivity contribution in [2.45, 2.75) is 30.5 Å². The zero-order chi connectivity index (χ0) is 10.0. The van der Waals surface area contributed by atoms with Crippen LogP contribution in [0, 0.1) is 188 Å². The number of ether oxygens (including phenoxy) is 1. The van der Waals surface area contributed by atoms with E-state index in [0.717, 1.165) is 0 Å². The molecule has 1 aliphatic rings. The van der Waals surface area contributed by atoms with Gasteiger partial charge < -0.3 is 25.2 Å². The summed E-state index contributed by atoms with van der Waals surface area (Å²) >= 11 is 0. The molecule has 0 aromatic heterocycles. The topological polar surface area (TPSA) is 114 Å². The predicted molar refractivity (Wildman–Crippen MR) is 39.4 cm³/mol. The number of hydrogen-bond acceptors (Lipinski definition) is 6. The van der Waals surface area contributed by atoms with Crippen LogP contribution in [0.1, 0.15) is 0 Å². The van der Waals surface area contributed by atoms with Gasteiger partial charge in [0.2, 0.25) is 0 Å². The molecule has 1 aliphatic heterocycles. The maximum absolute atomic E-state index is 9.22. The van der Waals surface area contributed by atoms with Crippen molar-refractivity contribution in [1.82, 2.24) is 0 Å². The molecular formula is C7H11Ac4NO5. The Balaban J connectivity index is -0.000000211. The van der Waals surface area contributed by atoms with Gasteiger partial charge in [-0.05, 0) is 0 Å². The first-order valence-electron chi connectivity index (χ1n) is 3.82. The third-order valence-corrected chi connectivity index (χ3v) is 2.02. The largest absolute Gasteiger partial charge is 0.394 e. The summed E-state index contributed by atoms with van der Waals surface area (Å²) in [6, 6.07) is 1.61. The van der Waals surface area contributed by atoms with Gasteiger partial charge in [-0.1, -0.05) is 0 Å². The number of aliphatic hydroxyl groups is 4.